The Morgan fingerprint density at radius 1 is 1.30 bits per heavy atom. The van der Waals surface area contributed by atoms with Crippen LogP contribution in [0.3, 0.4) is 0 Å². The molecule has 4 rings (SSSR count). The normalized spacial score (nSPS) is 10.9. The minimum atomic E-state index is -0.833. The van der Waals surface area contributed by atoms with Crippen LogP contribution in [-0.2, 0) is 22.6 Å². The quantitative estimate of drug-likeness (QED) is 0.136. The zero-order valence-electron chi connectivity index (χ0n) is 21.5. The zero-order valence-corrected chi connectivity index (χ0v) is 21.5. The Morgan fingerprint density at radius 2 is 2.00 bits per heavy atom. The number of nitrogens with one attached hydrogen (secondary N) is 2. The predicted molar refractivity (Wildman–Crippen MR) is 139 cm³/mol. The van der Waals surface area contributed by atoms with Gasteiger partial charge in [-0.25, -0.2) is 9.18 Å². The topological polar surface area (TPSA) is 206 Å². The summed E-state index contributed by atoms with van der Waals surface area (Å²) < 4.78 is 26.9. The fourth-order valence-electron chi connectivity index (χ4n) is 3.73. The van der Waals surface area contributed by atoms with Gasteiger partial charge >= 0.3 is 5.69 Å². The van der Waals surface area contributed by atoms with E-state index >= 15 is 4.39 Å². The maximum Gasteiger partial charge on any atom is 0.349 e. The average Bonchev–Trinajstić information content (AvgIpc) is 3.33. The molecule has 0 amide bonds. The Morgan fingerprint density at radius 3 is 2.58 bits per heavy atom. The third-order valence-corrected chi connectivity index (χ3v) is 5.50. The smallest absolute Gasteiger partial charge is 0.349 e. The van der Waals surface area contributed by atoms with Crippen molar-refractivity contribution in [2.24, 2.45) is 5.73 Å². The first kappa shape index (κ1) is 29.0. The summed E-state index contributed by atoms with van der Waals surface area (Å²) in [6.45, 7) is 0.789. The molecule has 1 unspecified atom stereocenters. The molecule has 0 spiro atoms. The van der Waals surface area contributed by atoms with Gasteiger partial charge in [0.15, 0.2) is 5.82 Å². The summed E-state index contributed by atoms with van der Waals surface area (Å²) in [6.07, 6.45) is 3.23. The highest BCUT2D eigenvalue weighted by molar-refractivity contribution is 5.94. The molecule has 206 valence electrons. The highest BCUT2D eigenvalue weighted by atomic mass is 19.1. The van der Waals surface area contributed by atoms with Gasteiger partial charge in [0.25, 0.3) is 12.2 Å². The van der Waals surface area contributed by atoms with Crippen molar-refractivity contribution in [3.8, 4) is 17.8 Å². The predicted octanol–water partition coefficient (Wildman–Crippen LogP) is 2.25. The van der Waals surface area contributed by atoms with E-state index in [1.54, 1.807) is 36.4 Å². The maximum absolute atomic E-state index is 15.7. The lowest BCUT2D eigenvalue weighted by Gasteiger charge is -2.19. The van der Waals surface area contributed by atoms with Crippen LogP contribution >= 0.6 is 0 Å². The number of halogens is 1. The lowest BCUT2D eigenvalue weighted by atomic mass is 9.89. The molecule has 2 aromatic carbocycles. The second-order valence-corrected chi connectivity index (χ2v) is 8.27. The van der Waals surface area contributed by atoms with Gasteiger partial charge in [-0.2, -0.15) is 15.0 Å². The van der Waals surface area contributed by atoms with Crippen LogP contribution in [0.25, 0.3) is 5.82 Å². The van der Waals surface area contributed by atoms with E-state index in [4.69, 9.17) is 35.8 Å². The fourth-order valence-corrected chi connectivity index (χ4v) is 3.73. The van der Waals surface area contributed by atoms with Crippen molar-refractivity contribution < 1.29 is 23.8 Å². The van der Waals surface area contributed by atoms with Crippen molar-refractivity contribution in [1.29, 1.82) is 10.7 Å². The minimum Gasteiger partial charge on any atom is -0.497 e. The number of aliphatic carboxylic acids is 1. The second-order valence-electron chi connectivity index (χ2n) is 8.27. The molecule has 40 heavy (non-hydrogen) atoms. The number of hydrogen-bond donors (Lipinski definition) is 4. The van der Waals surface area contributed by atoms with E-state index in [2.05, 4.69) is 20.3 Å². The van der Waals surface area contributed by atoms with Gasteiger partial charge in [-0.1, -0.05) is 24.3 Å². The number of carboxylic acids is 1. The Labute approximate surface area is 227 Å². The van der Waals surface area contributed by atoms with E-state index in [9.17, 15) is 4.79 Å². The van der Waals surface area contributed by atoms with E-state index in [0.717, 1.165) is 17.2 Å². The summed E-state index contributed by atoms with van der Waals surface area (Å²) in [5.41, 5.74) is 6.59. The highest BCUT2D eigenvalue weighted by Gasteiger charge is 2.26. The second kappa shape index (κ2) is 13.3. The van der Waals surface area contributed by atoms with E-state index in [1.807, 2.05) is 0 Å². The molecule has 5 N–H and O–H groups in total. The minimum absolute atomic E-state index is 0.0777. The fraction of sp³-hybridized carbons (Fsp3) is 0.192. The van der Waals surface area contributed by atoms with Gasteiger partial charge in [-0.3, -0.25) is 15.2 Å². The van der Waals surface area contributed by atoms with Crippen LogP contribution in [0.4, 0.5) is 4.39 Å². The summed E-state index contributed by atoms with van der Waals surface area (Å²) in [4.78, 5) is 24.4. The number of nitrogen functional groups attached to an aromatic ring is 1. The largest absolute Gasteiger partial charge is 0.497 e. The third kappa shape index (κ3) is 7.25. The van der Waals surface area contributed by atoms with Gasteiger partial charge < -0.3 is 20.3 Å². The number of aromatic amines is 1. The van der Waals surface area contributed by atoms with Crippen molar-refractivity contribution in [3.05, 3.63) is 99.1 Å². The van der Waals surface area contributed by atoms with Crippen molar-refractivity contribution in [2.45, 2.75) is 25.9 Å². The standard InChI is InChI=1S/C24H21FN8O3.C2H4O2/c1-35-17-10-16(12-36-13-26)21(25)18(11-17)19(9-14-4-6-15(7-5-14)22(27)28)23-30-24(34)33(32-23)20-3-2-8-29-31-20;1-2(3)4/h2-8,10-11,19H,9,12H2,1H3,(H3,27,28)(H,30,32,34);1H3,(H,3,4). The number of carboxylic acid groups (broad SMARTS) is 1. The molecule has 0 aliphatic rings. The van der Waals surface area contributed by atoms with Crippen LogP contribution < -0.4 is 16.2 Å². The first-order valence-electron chi connectivity index (χ1n) is 11.6. The van der Waals surface area contributed by atoms with Gasteiger partial charge in [0.1, 0.15) is 29.8 Å². The molecule has 0 aliphatic heterocycles. The number of rotatable bonds is 9. The molecule has 1 atom stereocenters. The van der Waals surface area contributed by atoms with E-state index in [1.165, 1.54) is 31.7 Å². The molecule has 0 saturated heterocycles. The monoisotopic (exact) mass is 548 g/mol. The lowest BCUT2D eigenvalue weighted by Crippen LogP contribution is -2.17. The number of nitrogens with two attached hydrogens (primary N) is 1. The van der Waals surface area contributed by atoms with Crippen LogP contribution in [0, 0.1) is 22.7 Å². The zero-order chi connectivity index (χ0) is 29.2. The maximum atomic E-state index is 15.7. The lowest BCUT2D eigenvalue weighted by molar-refractivity contribution is -0.134. The first-order chi connectivity index (χ1) is 19.1. The third-order valence-electron chi connectivity index (χ3n) is 5.50. The van der Waals surface area contributed by atoms with E-state index in [-0.39, 0.29) is 41.6 Å². The molecule has 2 aromatic heterocycles. The molecular weight excluding hydrogens is 523 g/mol. The molecule has 14 heteroatoms. The molecule has 0 bridgehead atoms. The highest BCUT2D eigenvalue weighted by Crippen LogP contribution is 2.33. The molecule has 4 aromatic rings. The molecular formula is C26H25FN8O5. The summed E-state index contributed by atoms with van der Waals surface area (Å²) >= 11 is 0. The summed E-state index contributed by atoms with van der Waals surface area (Å²) in [5, 5.41) is 35.9. The Bertz CT molecular complexity index is 1580. The van der Waals surface area contributed by atoms with E-state index < -0.39 is 23.4 Å². The summed E-state index contributed by atoms with van der Waals surface area (Å²) in [6, 6.07) is 13.0. The van der Waals surface area contributed by atoms with Crippen LogP contribution in [0.2, 0.25) is 0 Å². The number of carbonyl (C=O) groups is 1. The first-order valence-corrected chi connectivity index (χ1v) is 11.6. The van der Waals surface area contributed by atoms with Gasteiger partial charge in [0.2, 0.25) is 0 Å². The SMILES string of the molecule is CC(=O)O.COc1cc(COC#N)c(F)c(C(Cc2ccc(C(=N)N)cc2)c2nn(-c3cccnn3)c(=O)[nH]2)c1. The Balaban J connectivity index is 0.00000103. The van der Waals surface area contributed by atoms with Crippen molar-refractivity contribution >= 4 is 11.8 Å². The molecule has 0 radical (unpaired) electrons. The van der Waals surface area contributed by atoms with Gasteiger partial charge in [-0.05, 0) is 36.2 Å². The Hall–Kier alpha value is -5.58. The van der Waals surface area contributed by atoms with Gasteiger partial charge in [0.05, 0.1) is 13.0 Å². The van der Waals surface area contributed by atoms with Crippen molar-refractivity contribution in [2.75, 3.05) is 7.11 Å². The van der Waals surface area contributed by atoms with Gasteiger partial charge in [-0.15, -0.1) is 10.2 Å². The number of benzene rings is 2. The molecule has 13 nitrogen and oxygen atoms in total. The van der Waals surface area contributed by atoms with Crippen molar-refractivity contribution in [1.82, 2.24) is 25.0 Å². The molecule has 0 aliphatic carbocycles. The van der Waals surface area contributed by atoms with Crippen LogP contribution in [-0.4, -0.2) is 49.0 Å². The van der Waals surface area contributed by atoms with Gasteiger partial charge in [0, 0.05) is 29.8 Å². The summed E-state index contributed by atoms with van der Waals surface area (Å²) in [7, 11) is 1.44. The van der Waals surface area contributed by atoms with Crippen LogP contribution in [0.5, 0.6) is 5.75 Å². The number of H-pyrrole nitrogens is 1. The van der Waals surface area contributed by atoms with Crippen LogP contribution in [0.1, 0.15) is 40.9 Å². The number of nitriles is 1. The Kier molecular flexibility index (Phi) is 9.63. The average molecular weight is 549 g/mol. The molecule has 0 saturated carbocycles. The summed E-state index contributed by atoms with van der Waals surface area (Å²) in [5.74, 6) is -1.58. The number of methoxy groups -OCH3 is 1. The van der Waals surface area contributed by atoms with E-state index in [0.29, 0.717) is 11.3 Å². The number of ether oxygens (including phenoxy) is 2. The number of aromatic nitrogens is 5. The molecule has 0 fully saturated rings. The number of amidine groups is 1. The number of nitrogens with zero attached hydrogens (tertiary/aromatic N) is 5. The number of hydrogen-bond acceptors (Lipinski definition) is 9. The van der Waals surface area contributed by atoms with Crippen molar-refractivity contribution in [3.63, 3.8) is 0 Å². The molecule has 2 heterocycles. The van der Waals surface area contributed by atoms with Crippen LogP contribution in [0.15, 0.2) is 59.5 Å².